The van der Waals surface area contributed by atoms with Crippen LogP contribution < -0.4 is 21.1 Å². The van der Waals surface area contributed by atoms with Crippen LogP contribution in [-0.2, 0) is 19.6 Å². The molecule has 1 aliphatic heterocycles. The van der Waals surface area contributed by atoms with Crippen molar-refractivity contribution in [2.24, 2.45) is 11.7 Å². The normalized spacial score (nSPS) is 30.2. The number of amides is 2. The quantitative estimate of drug-likeness (QED) is 0.468. The van der Waals surface area contributed by atoms with Gasteiger partial charge in [-0.2, -0.15) is 0 Å². The van der Waals surface area contributed by atoms with Crippen molar-refractivity contribution in [1.82, 2.24) is 10.0 Å². The Bertz CT molecular complexity index is 836. The standard InChI is InChI=1S/C16H20N4O4S/c17-16-9-11(16)5-3-4-8-18-14(21)10-19-12-6-1-2-7-13(12)25(23,24)20-15(16)22/h1-3,5-7,11,19H,4,8-10,17H2,(H,18,21)(H,20,22)/b5-3-/t11-,16-/m1/s1. The van der Waals surface area contributed by atoms with Gasteiger partial charge in [0, 0.05) is 12.5 Å². The number of sulfonamides is 1. The van der Waals surface area contributed by atoms with Gasteiger partial charge in [0.05, 0.1) is 12.2 Å². The van der Waals surface area contributed by atoms with E-state index in [1.54, 1.807) is 18.2 Å². The molecule has 5 N–H and O–H groups in total. The molecule has 0 bridgehead atoms. The van der Waals surface area contributed by atoms with Gasteiger partial charge in [0.1, 0.15) is 10.4 Å². The number of nitrogens with two attached hydrogens (primary N) is 1. The fourth-order valence-corrected chi connectivity index (χ4v) is 3.95. The largest absolute Gasteiger partial charge is 0.375 e. The minimum Gasteiger partial charge on any atom is -0.375 e. The smallest absolute Gasteiger partial charge is 0.266 e. The average Bonchev–Trinajstić information content (AvgIpc) is 3.23. The molecule has 0 spiro atoms. The van der Waals surface area contributed by atoms with E-state index in [2.05, 4.69) is 15.4 Å². The zero-order valence-electron chi connectivity index (χ0n) is 13.5. The lowest BCUT2D eigenvalue weighted by Gasteiger charge is -2.15. The SMILES string of the molecule is N[C@]12C[C@H]1/C=C\CCNC(=O)CNc1ccccc1S(=O)(=O)NC2=O. The van der Waals surface area contributed by atoms with Gasteiger partial charge in [-0.15, -0.1) is 0 Å². The second kappa shape index (κ2) is 6.49. The molecule has 1 fully saturated rings. The molecular weight excluding hydrogens is 344 g/mol. The van der Waals surface area contributed by atoms with E-state index in [1.165, 1.54) is 12.1 Å². The molecular formula is C16H20N4O4S. The second-order valence-electron chi connectivity index (χ2n) is 6.20. The van der Waals surface area contributed by atoms with Crippen LogP contribution in [0.5, 0.6) is 0 Å². The molecule has 1 heterocycles. The summed E-state index contributed by atoms with van der Waals surface area (Å²) in [6.07, 6.45) is 4.62. The zero-order chi connectivity index (χ0) is 18.1. The third-order valence-electron chi connectivity index (χ3n) is 4.33. The number of carbonyl (C=O) groups excluding carboxylic acids is 2. The number of para-hydroxylation sites is 1. The van der Waals surface area contributed by atoms with Crippen molar-refractivity contribution < 1.29 is 18.0 Å². The third kappa shape index (κ3) is 3.67. The van der Waals surface area contributed by atoms with Gasteiger partial charge in [-0.3, -0.25) is 9.59 Å². The predicted octanol–water partition coefficient (Wildman–Crippen LogP) is -0.303. The Morgan fingerprint density at radius 2 is 1.92 bits per heavy atom. The van der Waals surface area contributed by atoms with Crippen LogP contribution in [-0.4, -0.2) is 38.9 Å². The molecule has 8 nitrogen and oxygen atoms in total. The van der Waals surface area contributed by atoms with Crippen LogP contribution in [0.1, 0.15) is 12.8 Å². The molecule has 1 aromatic rings. The number of anilines is 1. The molecule has 134 valence electrons. The first-order chi connectivity index (χ1) is 11.8. The number of nitrogens with one attached hydrogen (secondary N) is 3. The zero-order valence-corrected chi connectivity index (χ0v) is 14.3. The van der Waals surface area contributed by atoms with E-state index in [1.807, 2.05) is 6.08 Å². The molecule has 0 saturated heterocycles. The number of hydrogen-bond acceptors (Lipinski definition) is 6. The highest BCUT2D eigenvalue weighted by Gasteiger charge is 2.56. The maximum absolute atomic E-state index is 12.6. The highest BCUT2D eigenvalue weighted by atomic mass is 32.2. The molecule has 1 aromatic carbocycles. The van der Waals surface area contributed by atoms with Crippen molar-refractivity contribution in [3.05, 3.63) is 36.4 Å². The molecule has 25 heavy (non-hydrogen) atoms. The monoisotopic (exact) mass is 364 g/mol. The fourth-order valence-electron chi connectivity index (χ4n) is 2.72. The van der Waals surface area contributed by atoms with Gasteiger partial charge >= 0.3 is 0 Å². The summed E-state index contributed by atoms with van der Waals surface area (Å²) in [6, 6.07) is 6.07. The van der Waals surface area contributed by atoms with Crippen LogP contribution in [0.4, 0.5) is 5.69 Å². The fraction of sp³-hybridized carbons (Fsp3) is 0.375. The second-order valence-corrected chi connectivity index (χ2v) is 7.85. The van der Waals surface area contributed by atoms with Crippen molar-refractivity contribution in [2.45, 2.75) is 23.3 Å². The Labute approximate surface area is 145 Å². The summed E-state index contributed by atoms with van der Waals surface area (Å²) >= 11 is 0. The number of benzene rings is 1. The van der Waals surface area contributed by atoms with E-state index in [9.17, 15) is 18.0 Å². The van der Waals surface area contributed by atoms with Gasteiger partial charge in [-0.05, 0) is 25.0 Å². The topological polar surface area (TPSA) is 130 Å². The van der Waals surface area contributed by atoms with Crippen LogP contribution >= 0.6 is 0 Å². The Morgan fingerprint density at radius 3 is 2.72 bits per heavy atom. The first-order valence-corrected chi connectivity index (χ1v) is 9.44. The van der Waals surface area contributed by atoms with Gasteiger partial charge < -0.3 is 16.4 Å². The summed E-state index contributed by atoms with van der Waals surface area (Å²) in [5.74, 6) is -1.18. The van der Waals surface area contributed by atoms with E-state index in [0.717, 1.165) is 0 Å². The molecule has 9 heteroatoms. The van der Waals surface area contributed by atoms with Crippen molar-refractivity contribution >= 4 is 27.5 Å². The number of hydrogen-bond donors (Lipinski definition) is 4. The van der Waals surface area contributed by atoms with Gasteiger partial charge in [0.2, 0.25) is 5.91 Å². The lowest BCUT2D eigenvalue weighted by atomic mass is 10.2. The van der Waals surface area contributed by atoms with E-state index >= 15 is 0 Å². The number of fused-ring (bicyclic) bond motifs is 2. The Hall–Kier alpha value is -2.39. The number of rotatable bonds is 0. The van der Waals surface area contributed by atoms with Crippen LogP contribution in [0.25, 0.3) is 0 Å². The maximum atomic E-state index is 12.6. The van der Waals surface area contributed by atoms with Crippen molar-refractivity contribution in [3.8, 4) is 0 Å². The van der Waals surface area contributed by atoms with E-state index in [4.69, 9.17) is 5.73 Å². The average molecular weight is 364 g/mol. The molecule has 2 atom stereocenters. The molecule has 3 rings (SSSR count). The summed E-state index contributed by atoms with van der Waals surface area (Å²) < 4.78 is 27.2. The molecule has 2 amide bonds. The minimum absolute atomic E-state index is 0.0757. The Morgan fingerprint density at radius 1 is 1.16 bits per heavy atom. The summed E-state index contributed by atoms with van der Waals surface area (Å²) in [7, 11) is -4.11. The molecule has 0 radical (unpaired) electrons. The van der Waals surface area contributed by atoms with Gasteiger partial charge in [-0.25, -0.2) is 13.1 Å². The first-order valence-electron chi connectivity index (χ1n) is 7.95. The lowest BCUT2D eigenvalue weighted by molar-refractivity contribution is -0.121. The minimum atomic E-state index is -4.11. The summed E-state index contributed by atoms with van der Waals surface area (Å²) in [5, 5.41) is 5.53. The van der Waals surface area contributed by atoms with Crippen LogP contribution in [0.3, 0.4) is 0 Å². The van der Waals surface area contributed by atoms with Crippen molar-refractivity contribution in [1.29, 1.82) is 0 Å². The third-order valence-corrected chi connectivity index (χ3v) is 5.72. The van der Waals surface area contributed by atoms with Crippen molar-refractivity contribution in [3.63, 3.8) is 0 Å². The van der Waals surface area contributed by atoms with Gasteiger partial charge in [-0.1, -0.05) is 24.3 Å². The predicted molar refractivity (Wildman–Crippen MR) is 92.1 cm³/mol. The summed E-state index contributed by atoms with van der Waals surface area (Å²) in [4.78, 5) is 24.1. The lowest BCUT2D eigenvalue weighted by Crippen LogP contribution is -2.46. The molecule has 1 saturated carbocycles. The van der Waals surface area contributed by atoms with Crippen molar-refractivity contribution in [2.75, 3.05) is 18.4 Å². The van der Waals surface area contributed by atoms with E-state index in [-0.39, 0.29) is 29.0 Å². The van der Waals surface area contributed by atoms with E-state index in [0.29, 0.717) is 19.4 Å². The van der Waals surface area contributed by atoms with Crippen LogP contribution in [0.15, 0.2) is 41.3 Å². The molecule has 0 unspecified atom stereocenters. The Kier molecular flexibility index (Phi) is 4.53. The summed E-state index contributed by atoms with van der Waals surface area (Å²) in [5.41, 5.74) is 5.05. The maximum Gasteiger partial charge on any atom is 0.266 e. The highest BCUT2D eigenvalue weighted by molar-refractivity contribution is 7.90. The van der Waals surface area contributed by atoms with Gasteiger partial charge in [0.25, 0.3) is 15.9 Å². The van der Waals surface area contributed by atoms with Crippen LogP contribution in [0.2, 0.25) is 0 Å². The first kappa shape index (κ1) is 17.4. The van der Waals surface area contributed by atoms with E-state index < -0.39 is 21.5 Å². The van der Waals surface area contributed by atoms with Gasteiger partial charge in [0.15, 0.2) is 0 Å². The highest BCUT2D eigenvalue weighted by Crippen LogP contribution is 2.42. The molecule has 2 aliphatic rings. The molecule has 0 aromatic heterocycles. The molecule has 1 aliphatic carbocycles. The van der Waals surface area contributed by atoms with Crippen LogP contribution in [0, 0.1) is 5.92 Å². The Balaban J connectivity index is 1.92. The summed E-state index contributed by atoms with van der Waals surface area (Å²) in [6.45, 7) is 0.376. The number of carbonyl (C=O) groups is 2.